The Morgan fingerprint density at radius 2 is 2.19 bits per heavy atom. The molecule has 3 N–H and O–H groups in total. The topological polar surface area (TPSA) is 120 Å². The molecule has 2 bridgehead atoms. The van der Waals surface area contributed by atoms with E-state index >= 15 is 0 Å². The van der Waals surface area contributed by atoms with Crippen molar-refractivity contribution in [2.75, 3.05) is 0 Å². The van der Waals surface area contributed by atoms with E-state index in [0.29, 0.717) is 0 Å². The smallest absolute Gasteiger partial charge is 0.475 e. The van der Waals surface area contributed by atoms with Gasteiger partial charge in [-0.25, -0.2) is 9.48 Å². The number of hydrogen-bond donors (Lipinski definition) is 2. The maximum absolute atomic E-state index is 10.6. The lowest BCUT2D eigenvalue weighted by molar-refractivity contribution is -0.192. The van der Waals surface area contributed by atoms with E-state index in [0.717, 1.165) is 42.1 Å². The molecule has 2 aliphatic rings. The first-order chi connectivity index (χ1) is 12.1. The summed E-state index contributed by atoms with van der Waals surface area (Å²) in [7, 11) is 0. The number of nitrogens with zero attached hydrogens (tertiary/aromatic N) is 4. The fourth-order valence-corrected chi connectivity index (χ4v) is 3.71. The summed E-state index contributed by atoms with van der Waals surface area (Å²) < 4.78 is 38.6. The SMILES string of the molecule is Cc1conc1-c1cn(C2CC3CCC2(N)C3)nn1.O=C(O)C(F)(F)F. The van der Waals surface area contributed by atoms with Crippen LogP contribution in [-0.4, -0.2) is 42.9 Å². The number of nitrogens with two attached hydrogens (primary N) is 1. The fraction of sp³-hybridized carbons (Fsp3) is 0.600. The number of fused-ring (bicyclic) bond motifs is 2. The first kappa shape index (κ1) is 18.4. The van der Waals surface area contributed by atoms with Crippen molar-refractivity contribution in [2.45, 2.75) is 50.4 Å². The maximum Gasteiger partial charge on any atom is 0.490 e. The molecule has 0 saturated heterocycles. The van der Waals surface area contributed by atoms with Crippen LogP contribution in [0.5, 0.6) is 0 Å². The van der Waals surface area contributed by atoms with Crippen LogP contribution in [-0.2, 0) is 4.79 Å². The lowest BCUT2D eigenvalue weighted by Gasteiger charge is -2.30. The highest BCUT2D eigenvalue weighted by molar-refractivity contribution is 5.73. The van der Waals surface area contributed by atoms with E-state index in [1.165, 1.54) is 6.42 Å². The second-order valence-corrected chi connectivity index (χ2v) is 6.83. The highest BCUT2D eigenvalue weighted by Gasteiger charge is 2.50. The summed E-state index contributed by atoms with van der Waals surface area (Å²) in [4.78, 5) is 8.90. The Hall–Kier alpha value is -2.43. The zero-order valence-electron chi connectivity index (χ0n) is 13.9. The second-order valence-electron chi connectivity index (χ2n) is 6.83. The molecule has 142 valence electrons. The molecule has 4 rings (SSSR count). The number of rotatable bonds is 2. The number of carboxylic acids is 1. The van der Waals surface area contributed by atoms with Crippen LogP contribution in [0.4, 0.5) is 13.2 Å². The number of aliphatic carboxylic acids is 1. The molecule has 2 aliphatic carbocycles. The molecular formula is C15H18F3N5O3. The summed E-state index contributed by atoms with van der Waals surface area (Å²) in [5.41, 5.74) is 8.92. The van der Waals surface area contributed by atoms with Crippen molar-refractivity contribution in [1.82, 2.24) is 20.2 Å². The predicted octanol–water partition coefficient (Wildman–Crippen LogP) is 2.32. The van der Waals surface area contributed by atoms with Gasteiger partial charge >= 0.3 is 12.1 Å². The molecule has 0 aromatic carbocycles. The van der Waals surface area contributed by atoms with Gasteiger partial charge in [0.05, 0.1) is 12.2 Å². The van der Waals surface area contributed by atoms with Crippen molar-refractivity contribution >= 4 is 5.97 Å². The molecule has 0 spiro atoms. The fourth-order valence-electron chi connectivity index (χ4n) is 3.71. The summed E-state index contributed by atoms with van der Waals surface area (Å²) in [5.74, 6) is -2.00. The summed E-state index contributed by atoms with van der Waals surface area (Å²) in [6.45, 7) is 1.95. The van der Waals surface area contributed by atoms with E-state index in [1.54, 1.807) is 6.26 Å². The number of alkyl halides is 3. The number of aryl methyl sites for hydroxylation is 1. The standard InChI is InChI=1S/C13H17N5O.C2HF3O2/c1-8-7-19-16-12(8)10-6-18(17-15-10)11-4-9-2-3-13(11,14)5-9;3-2(4,5)1(6)7/h6-7,9,11H,2-5,14H2,1H3;(H,6,7). The van der Waals surface area contributed by atoms with Gasteiger partial charge in [0.2, 0.25) is 0 Å². The van der Waals surface area contributed by atoms with Gasteiger partial charge in [0.25, 0.3) is 0 Å². The van der Waals surface area contributed by atoms with Gasteiger partial charge in [-0.3, -0.25) is 0 Å². The Balaban J connectivity index is 0.000000242. The Morgan fingerprint density at radius 1 is 1.50 bits per heavy atom. The first-order valence-electron chi connectivity index (χ1n) is 8.02. The van der Waals surface area contributed by atoms with E-state index in [2.05, 4.69) is 15.5 Å². The average molecular weight is 373 g/mol. The van der Waals surface area contributed by atoms with E-state index in [9.17, 15) is 13.2 Å². The minimum Gasteiger partial charge on any atom is -0.475 e. The summed E-state index contributed by atoms with van der Waals surface area (Å²) in [6, 6.07) is 0.278. The molecule has 3 unspecified atom stereocenters. The summed E-state index contributed by atoms with van der Waals surface area (Å²) >= 11 is 0. The largest absolute Gasteiger partial charge is 0.490 e. The maximum atomic E-state index is 10.6. The van der Waals surface area contributed by atoms with Crippen LogP contribution in [0.25, 0.3) is 11.4 Å². The number of carbonyl (C=O) groups is 1. The second kappa shape index (κ2) is 6.38. The highest BCUT2D eigenvalue weighted by atomic mass is 19.4. The molecule has 8 nitrogen and oxygen atoms in total. The number of halogens is 3. The molecule has 2 aromatic rings. The normalized spacial score (nSPS) is 27.3. The molecule has 0 aliphatic heterocycles. The number of hydrogen-bond acceptors (Lipinski definition) is 6. The van der Waals surface area contributed by atoms with Gasteiger partial charge in [-0.1, -0.05) is 10.4 Å². The minimum absolute atomic E-state index is 0.0888. The van der Waals surface area contributed by atoms with E-state index in [4.69, 9.17) is 20.2 Å². The van der Waals surface area contributed by atoms with Crippen molar-refractivity contribution < 1.29 is 27.6 Å². The predicted molar refractivity (Wildman–Crippen MR) is 81.9 cm³/mol. The third-order valence-electron chi connectivity index (χ3n) is 4.97. The molecule has 2 fully saturated rings. The van der Waals surface area contributed by atoms with Crippen LogP contribution in [0.2, 0.25) is 0 Å². The van der Waals surface area contributed by atoms with Crippen molar-refractivity contribution in [3.05, 3.63) is 18.0 Å². The number of aromatic nitrogens is 4. The highest BCUT2D eigenvalue weighted by Crippen LogP contribution is 2.52. The van der Waals surface area contributed by atoms with Gasteiger partial charge in [-0.15, -0.1) is 5.10 Å². The lowest BCUT2D eigenvalue weighted by Crippen LogP contribution is -2.43. The Labute approximate surface area is 146 Å². The minimum atomic E-state index is -5.08. The lowest BCUT2D eigenvalue weighted by atomic mass is 9.89. The summed E-state index contributed by atoms with van der Waals surface area (Å²) in [6.07, 6.45) is 3.09. The van der Waals surface area contributed by atoms with E-state index in [1.807, 2.05) is 17.8 Å². The molecule has 11 heteroatoms. The van der Waals surface area contributed by atoms with Crippen LogP contribution >= 0.6 is 0 Å². The zero-order valence-corrected chi connectivity index (χ0v) is 13.9. The van der Waals surface area contributed by atoms with Gasteiger partial charge < -0.3 is 15.4 Å². The van der Waals surface area contributed by atoms with Crippen molar-refractivity contribution in [3.8, 4) is 11.4 Å². The Morgan fingerprint density at radius 3 is 2.65 bits per heavy atom. The van der Waals surface area contributed by atoms with Crippen molar-refractivity contribution in [2.24, 2.45) is 11.7 Å². The van der Waals surface area contributed by atoms with Gasteiger partial charge in [-0.2, -0.15) is 13.2 Å². The van der Waals surface area contributed by atoms with Crippen molar-refractivity contribution in [1.29, 1.82) is 0 Å². The van der Waals surface area contributed by atoms with Gasteiger partial charge in [0.15, 0.2) is 0 Å². The third-order valence-corrected chi connectivity index (χ3v) is 4.97. The van der Waals surface area contributed by atoms with Gasteiger partial charge in [-0.05, 0) is 38.5 Å². The van der Waals surface area contributed by atoms with Crippen LogP contribution in [0.3, 0.4) is 0 Å². The molecule has 26 heavy (non-hydrogen) atoms. The molecule has 2 aromatic heterocycles. The Bertz CT molecular complexity index is 803. The number of carboxylic acid groups (broad SMARTS) is 1. The van der Waals surface area contributed by atoms with Crippen LogP contribution in [0.15, 0.2) is 17.0 Å². The molecule has 3 atom stereocenters. The quantitative estimate of drug-likeness (QED) is 0.829. The first-order valence-corrected chi connectivity index (χ1v) is 8.02. The summed E-state index contributed by atoms with van der Waals surface area (Å²) in [5, 5.41) is 19.6. The zero-order chi connectivity index (χ0) is 19.1. The monoisotopic (exact) mass is 373 g/mol. The molecule has 2 saturated carbocycles. The Kier molecular flexibility index (Phi) is 4.51. The van der Waals surface area contributed by atoms with Crippen LogP contribution < -0.4 is 5.73 Å². The average Bonchev–Trinajstić information content (AvgIpc) is 3.28. The van der Waals surface area contributed by atoms with E-state index in [-0.39, 0.29) is 11.6 Å². The van der Waals surface area contributed by atoms with Crippen LogP contribution in [0.1, 0.15) is 37.3 Å². The van der Waals surface area contributed by atoms with Crippen molar-refractivity contribution in [3.63, 3.8) is 0 Å². The van der Waals surface area contributed by atoms with Crippen LogP contribution in [0, 0.1) is 12.8 Å². The third kappa shape index (κ3) is 3.43. The van der Waals surface area contributed by atoms with Gasteiger partial charge in [0.1, 0.15) is 17.7 Å². The molecule has 0 radical (unpaired) electrons. The molecule has 2 heterocycles. The molecule has 0 amide bonds. The van der Waals surface area contributed by atoms with Gasteiger partial charge in [0, 0.05) is 11.1 Å². The molecular weight excluding hydrogens is 355 g/mol. The van der Waals surface area contributed by atoms with E-state index < -0.39 is 12.1 Å².